The number of benzene rings is 1. The molecule has 0 saturated carbocycles. The Bertz CT molecular complexity index is 600. The van der Waals surface area contributed by atoms with Crippen molar-refractivity contribution in [1.82, 2.24) is 4.90 Å². The molecule has 1 unspecified atom stereocenters. The van der Waals surface area contributed by atoms with Gasteiger partial charge in [-0.05, 0) is 24.0 Å². The van der Waals surface area contributed by atoms with Gasteiger partial charge in [-0.1, -0.05) is 13.8 Å². The van der Waals surface area contributed by atoms with Gasteiger partial charge in [0, 0.05) is 25.2 Å². The normalized spacial score (nSPS) is 20.5. The molecule has 1 aromatic carbocycles. The summed E-state index contributed by atoms with van der Waals surface area (Å²) in [7, 11) is 1.46. The molecule has 120 valence electrons. The van der Waals surface area contributed by atoms with E-state index in [1.807, 2.05) is 13.8 Å². The maximum atomic E-state index is 12.7. The first kappa shape index (κ1) is 16.2. The van der Waals surface area contributed by atoms with Crippen LogP contribution in [0.4, 0.5) is 5.69 Å². The predicted molar refractivity (Wildman–Crippen MR) is 81.9 cm³/mol. The van der Waals surface area contributed by atoms with E-state index in [0.717, 1.165) is 0 Å². The van der Waals surface area contributed by atoms with Gasteiger partial charge in [0.25, 0.3) is 11.6 Å². The lowest BCUT2D eigenvalue weighted by molar-refractivity contribution is -0.385. The lowest BCUT2D eigenvalue weighted by atomic mass is 9.79. The number of nitro benzene ring substituents is 1. The van der Waals surface area contributed by atoms with Gasteiger partial charge in [-0.15, -0.1) is 0 Å². The van der Waals surface area contributed by atoms with E-state index in [0.29, 0.717) is 25.3 Å². The van der Waals surface area contributed by atoms with Gasteiger partial charge in [-0.3, -0.25) is 14.9 Å². The fourth-order valence-corrected chi connectivity index (χ4v) is 2.69. The summed E-state index contributed by atoms with van der Waals surface area (Å²) in [4.78, 5) is 25.0. The molecule has 1 aromatic rings. The van der Waals surface area contributed by atoms with Crippen molar-refractivity contribution >= 4 is 11.6 Å². The number of nitro groups is 1. The average Bonchev–Trinajstić information content (AvgIpc) is 2.48. The van der Waals surface area contributed by atoms with Gasteiger partial charge in [0.15, 0.2) is 0 Å². The Kier molecular flexibility index (Phi) is 4.37. The fourth-order valence-electron chi connectivity index (χ4n) is 2.69. The van der Waals surface area contributed by atoms with Crippen molar-refractivity contribution in [2.45, 2.75) is 26.3 Å². The number of nitrogens with two attached hydrogens (primary N) is 1. The van der Waals surface area contributed by atoms with Gasteiger partial charge in [-0.2, -0.15) is 0 Å². The van der Waals surface area contributed by atoms with Gasteiger partial charge >= 0.3 is 0 Å². The second kappa shape index (κ2) is 5.92. The summed E-state index contributed by atoms with van der Waals surface area (Å²) in [6.45, 7) is 4.97. The maximum absolute atomic E-state index is 12.7. The minimum Gasteiger partial charge on any atom is -0.497 e. The maximum Gasteiger partial charge on any atom is 0.282 e. The summed E-state index contributed by atoms with van der Waals surface area (Å²) in [6, 6.07) is 4.21. The molecule has 1 fully saturated rings. The van der Waals surface area contributed by atoms with Crippen molar-refractivity contribution in [3.05, 3.63) is 33.9 Å². The van der Waals surface area contributed by atoms with Crippen LogP contribution >= 0.6 is 0 Å². The standard InChI is InChI=1S/C15H21N3O4/c1-15(2)9-17(7-6-13(15)16)14(19)11-8-10(22-3)4-5-12(11)18(20)21/h4-5,8,13H,6-7,9,16H2,1-3H3. The van der Waals surface area contributed by atoms with E-state index in [1.165, 1.54) is 25.3 Å². The largest absolute Gasteiger partial charge is 0.497 e. The third-order valence-electron chi connectivity index (χ3n) is 4.23. The highest BCUT2D eigenvalue weighted by Gasteiger charge is 2.37. The lowest BCUT2D eigenvalue weighted by Gasteiger charge is -2.42. The SMILES string of the molecule is COc1ccc([N+](=O)[O-])c(C(=O)N2CCC(N)C(C)(C)C2)c1. The highest BCUT2D eigenvalue weighted by atomic mass is 16.6. The Morgan fingerprint density at radius 3 is 2.73 bits per heavy atom. The van der Waals surface area contributed by atoms with Gasteiger partial charge in [0.1, 0.15) is 11.3 Å². The second-order valence-corrected chi connectivity index (χ2v) is 6.25. The number of hydrogen-bond acceptors (Lipinski definition) is 5. The van der Waals surface area contributed by atoms with E-state index in [9.17, 15) is 14.9 Å². The van der Waals surface area contributed by atoms with Crippen molar-refractivity contribution < 1.29 is 14.5 Å². The molecule has 0 bridgehead atoms. The van der Waals surface area contributed by atoms with Gasteiger partial charge < -0.3 is 15.4 Å². The molecule has 1 aliphatic rings. The number of rotatable bonds is 3. The molecule has 7 heteroatoms. The zero-order chi connectivity index (χ0) is 16.5. The molecule has 2 rings (SSSR count). The van der Waals surface area contributed by atoms with E-state index < -0.39 is 4.92 Å². The molecule has 1 heterocycles. The molecule has 0 aliphatic carbocycles. The highest BCUT2D eigenvalue weighted by molar-refractivity contribution is 5.98. The quantitative estimate of drug-likeness (QED) is 0.678. The minimum absolute atomic E-state index is 0.0110. The van der Waals surface area contributed by atoms with Crippen molar-refractivity contribution in [3.8, 4) is 5.75 Å². The number of methoxy groups -OCH3 is 1. The van der Waals surface area contributed by atoms with E-state index >= 15 is 0 Å². The number of nitrogens with zero attached hydrogens (tertiary/aromatic N) is 2. The first-order valence-electron chi connectivity index (χ1n) is 7.13. The molecule has 0 aromatic heterocycles. The van der Waals surface area contributed by atoms with Crippen LogP contribution in [-0.4, -0.2) is 42.0 Å². The number of piperidine rings is 1. The zero-order valence-electron chi connectivity index (χ0n) is 13.0. The third-order valence-corrected chi connectivity index (χ3v) is 4.23. The Morgan fingerprint density at radius 1 is 1.50 bits per heavy atom. The first-order chi connectivity index (χ1) is 10.3. The molecular formula is C15H21N3O4. The van der Waals surface area contributed by atoms with E-state index in [4.69, 9.17) is 10.5 Å². The van der Waals surface area contributed by atoms with Crippen LogP contribution in [0.5, 0.6) is 5.75 Å². The minimum atomic E-state index is -0.548. The van der Waals surface area contributed by atoms with E-state index in [2.05, 4.69) is 0 Å². The molecule has 0 spiro atoms. The monoisotopic (exact) mass is 307 g/mol. The summed E-state index contributed by atoms with van der Waals surface area (Å²) in [5, 5.41) is 11.2. The van der Waals surface area contributed by atoms with E-state index in [1.54, 1.807) is 4.90 Å². The summed E-state index contributed by atoms with van der Waals surface area (Å²) in [5.41, 5.74) is 5.69. The molecule has 2 N–H and O–H groups in total. The zero-order valence-corrected chi connectivity index (χ0v) is 13.0. The topological polar surface area (TPSA) is 98.7 Å². The van der Waals surface area contributed by atoms with Crippen LogP contribution in [0.3, 0.4) is 0 Å². The predicted octanol–water partition coefficient (Wildman–Crippen LogP) is 1.80. The average molecular weight is 307 g/mol. The molecule has 1 aliphatic heterocycles. The number of carbonyl (C=O) groups is 1. The molecule has 0 radical (unpaired) electrons. The van der Waals surface area contributed by atoms with Crippen LogP contribution in [0.15, 0.2) is 18.2 Å². The van der Waals surface area contributed by atoms with Gasteiger partial charge in [0.05, 0.1) is 12.0 Å². The van der Waals surface area contributed by atoms with Crippen molar-refractivity contribution in [2.75, 3.05) is 20.2 Å². The van der Waals surface area contributed by atoms with Crippen LogP contribution in [-0.2, 0) is 0 Å². The Balaban J connectivity index is 2.34. The summed E-state index contributed by atoms with van der Waals surface area (Å²) in [6.07, 6.45) is 0.677. The Labute approximate surface area is 129 Å². The summed E-state index contributed by atoms with van der Waals surface area (Å²) >= 11 is 0. The fraction of sp³-hybridized carbons (Fsp3) is 0.533. The highest BCUT2D eigenvalue weighted by Crippen LogP contribution is 2.31. The number of ether oxygens (including phenoxy) is 1. The Morgan fingerprint density at radius 2 is 2.18 bits per heavy atom. The smallest absolute Gasteiger partial charge is 0.282 e. The lowest BCUT2D eigenvalue weighted by Crippen LogP contribution is -2.54. The molecule has 7 nitrogen and oxygen atoms in total. The Hall–Kier alpha value is -2.15. The van der Waals surface area contributed by atoms with Crippen molar-refractivity contribution in [3.63, 3.8) is 0 Å². The molecular weight excluding hydrogens is 286 g/mol. The van der Waals surface area contributed by atoms with E-state index in [-0.39, 0.29) is 28.6 Å². The van der Waals surface area contributed by atoms with Gasteiger partial charge in [0.2, 0.25) is 0 Å². The summed E-state index contributed by atoms with van der Waals surface area (Å²) < 4.78 is 5.07. The molecule has 1 atom stereocenters. The molecule has 1 amide bonds. The molecule has 22 heavy (non-hydrogen) atoms. The van der Waals surface area contributed by atoms with Crippen molar-refractivity contribution in [2.24, 2.45) is 11.1 Å². The second-order valence-electron chi connectivity index (χ2n) is 6.25. The third kappa shape index (κ3) is 3.04. The number of likely N-dealkylation sites (tertiary alicyclic amines) is 1. The van der Waals surface area contributed by atoms with Crippen molar-refractivity contribution in [1.29, 1.82) is 0 Å². The number of amides is 1. The first-order valence-corrected chi connectivity index (χ1v) is 7.13. The van der Waals surface area contributed by atoms with Crippen LogP contribution in [0, 0.1) is 15.5 Å². The number of carbonyl (C=O) groups excluding carboxylic acids is 1. The van der Waals surface area contributed by atoms with Crippen LogP contribution in [0.25, 0.3) is 0 Å². The van der Waals surface area contributed by atoms with Gasteiger partial charge in [-0.25, -0.2) is 0 Å². The van der Waals surface area contributed by atoms with Crippen LogP contribution in [0.2, 0.25) is 0 Å². The molecule has 1 saturated heterocycles. The summed E-state index contributed by atoms with van der Waals surface area (Å²) in [5.74, 6) is 0.0625. The van der Waals surface area contributed by atoms with Crippen LogP contribution < -0.4 is 10.5 Å². The van der Waals surface area contributed by atoms with Crippen LogP contribution in [0.1, 0.15) is 30.6 Å². The number of hydrogen-bond donors (Lipinski definition) is 1.